The Morgan fingerprint density at radius 1 is 1.19 bits per heavy atom. The van der Waals surface area contributed by atoms with Crippen molar-refractivity contribution in [3.05, 3.63) is 72.6 Å². The van der Waals surface area contributed by atoms with Crippen molar-refractivity contribution < 1.29 is 4.79 Å². The van der Waals surface area contributed by atoms with E-state index < -0.39 is 0 Å². The maximum atomic E-state index is 12.6. The SMILES string of the molecule is CCNc1ncc(C(=O)NC(CCn2ccnc2)c2ccccc2)cn1. The van der Waals surface area contributed by atoms with Crippen LogP contribution >= 0.6 is 0 Å². The summed E-state index contributed by atoms with van der Waals surface area (Å²) in [7, 11) is 0. The molecule has 7 heteroatoms. The standard InChI is InChI=1S/C19H22N6O/c1-2-21-19-22-12-16(13-23-19)18(26)24-17(15-6-4-3-5-7-15)8-10-25-11-9-20-14-25/h3-7,9,11-14,17H,2,8,10H2,1H3,(H,24,26)(H,21,22,23). The van der Waals surface area contributed by atoms with Crippen molar-refractivity contribution in [2.45, 2.75) is 25.9 Å². The molecule has 2 heterocycles. The molecule has 0 saturated carbocycles. The third-order valence-electron chi connectivity index (χ3n) is 3.99. The molecule has 3 aromatic rings. The summed E-state index contributed by atoms with van der Waals surface area (Å²) in [6.07, 6.45) is 9.27. The van der Waals surface area contributed by atoms with E-state index in [1.165, 1.54) is 12.4 Å². The lowest BCUT2D eigenvalue weighted by Gasteiger charge is -2.19. The Morgan fingerprint density at radius 2 is 1.96 bits per heavy atom. The molecule has 1 unspecified atom stereocenters. The number of hydrogen-bond donors (Lipinski definition) is 2. The van der Waals surface area contributed by atoms with Crippen LogP contribution in [0.4, 0.5) is 5.95 Å². The molecule has 3 rings (SSSR count). The van der Waals surface area contributed by atoms with Gasteiger partial charge in [-0.2, -0.15) is 0 Å². The van der Waals surface area contributed by atoms with Gasteiger partial charge in [-0.15, -0.1) is 0 Å². The molecule has 134 valence electrons. The summed E-state index contributed by atoms with van der Waals surface area (Å²) in [6.45, 7) is 3.46. The fourth-order valence-electron chi connectivity index (χ4n) is 2.64. The molecule has 26 heavy (non-hydrogen) atoms. The van der Waals surface area contributed by atoms with Crippen LogP contribution < -0.4 is 10.6 Å². The normalized spacial score (nSPS) is 11.7. The summed E-state index contributed by atoms with van der Waals surface area (Å²) in [5, 5.41) is 6.10. The first-order chi connectivity index (χ1) is 12.8. The van der Waals surface area contributed by atoms with Gasteiger partial charge in [0.2, 0.25) is 5.95 Å². The molecule has 1 aromatic carbocycles. The molecule has 2 N–H and O–H groups in total. The van der Waals surface area contributed by atoms with E-state index in [4.69, 9.17) is 0 Å². The van der Waals surface area contributed by atoms with Crippen LogP contribution in [0.2, 0.25) is 0 Å². The maximum Gasteiger partial charge on any atom is 0.254 e. The quantitative estimate of drug-likeness (QED) is 0.652. The minimum Gasteiger partial charge on any atom is -0.355 e. The van der Waals surface area contributed by atoms with E-state index in [2.05, 4.69) is 25.6 Å². The van der Waals surface area contributed by atoms with E-state index in [9.17, 15) is 4.79 Å². The highest BCUT2D eigenvalue weighted by atomic mass is 16.1. The number of aryl methyl sites for hydroxylation is 1. The van der Waals surface area contributed by atoms with Crippen LogP contribution in [0.3, 0.4) is 0 Å². The van der Waals surface area contributed by atoms with Gasteiger partial charge in [-0.3, -0.25) is 4.79 Å². The van der Waals surface area contributed by atoms with Crippen molar-refractivity contribution >= 4 is 11.9 Å². The van der Waals surface area contributed by atoms with Crippen molar-refractivity contribution in [1.82, 2.24) is 24.8 Å². The number of carbonyl (C=O) groups is 1. The fraction of sp³-hybridized carbons (Fsp3) is 0.263. The number of rotatable bonds is 8. The zero-order chi connectivity index (χ0) is 18.2. The largest absolute Gasteiger partial charge is 0.355 e. The number of aromatic nitrogens is 4. The second-order valence-corrected chi connectivity index (χ2v) is 5.85. The first-order valence-corrected chi connectivity index (χ1v) is 8.63. The van der Waals surface area contributed by atoms with Crippen molar-refractivity contribution in [3.63, 3.8) is 0 Å². The van der Waals surface area contributed by atoms with Gasteiger partial charge in [-0.1, -0.05) is 30.3 Å². The minimum atomic E-state index is -0.187. The maximum absolute atomic E-state index is 12.6. The topological polar surface area (TPSA) is 84.7 Å². The van der Waals surface area contributed by atoms with E-state index in [-0.39, 0.29) is 11.9 Å². The predicted molar refractivity (Wildman–Crippen MR) is 99.7 cm³/mol. The van der Waals surface area contributed by atoms with Gasteiger partial charge < -0.3 is 15.2 Å². The Bertz CT molecular complexity index is 802. The summed E-state index contributed by atoms with van der Waals surface area (Å²) in [5.74, 6) is 0.330. The van der Waals surface area contributed by atoms with Crippen molar-refractivity contribution in [1.29, 1.82) is 0 Å². The highest BCUT2D eigenvalue weighted by molar-refractivity contribution is 5.93. The van der Waals surface area contributed by atoms with Crippen LogP contribution in [0.1, 0.15) is 35.3 Å². The Balaban J connectivity index is 1.70. The molecule has 0 aliphatic carbocycles. The minimum absolute atomic E-state index is 0.112. The molecule has 0 spiro atoms. The molecule has 0 radical (unpaired) electrons. The van der Waals surface area contributed by atoms with Crippen LogP contribution in [0.25, 0.3) is 0 Å². The molecule has 0 aliphatic rings. The molecule has 0 saturated heterocycles. The van der Waals surface area contributed by atoms with Gasteiger partial charge in [0.1, 0.15) is 0 Å². The molecular formula is C19H22N6O. The smallest absolute Gasteiger partial charge is 0.254 e. The number of anilines is 1. The van der Waals surface area contributed by atoms with E-state index in [0.29, 0.717) is 11.5 Å². The highest BCUT2D eigenvalue weighted by Gasteiger charge is 2.16. The van der Waals surface area contributed by atoms with Gasteiger partial charge in [0.15, 0.2) is 0 Å². The van der Waals surface area contributed by atoms with Crippen LogP contribution in [-0.4, -0.2) is 32.0 Å². The van der Waals surface area contributed by atoms with Gasteiger partial charge in [-0.25, -0.2) is 15.0 Å². The van der Waals surface area contributed by atoms with E-state index >= 15 is 0 Å². The van der Waals surface area contributed by atoms with Crippen molar-refractivity contribution in [2.75, 3.05) is 11.9 Å². The third-order valence-corrected chi connectivity index (χ3v) is 3.99. The number of carbonyl (C=O) groups excluding carboxylic acids is 1. The average molecular weight is 350 g/mol. The summed E-state index contributed by atoms with van der Waals surface area (Å²) in [4.78, 5) is 25.0. The second kappa shape index (κ2) is 8.75. The fourth-order valence-corrected chi connectivity index (χ4v) is 2.64. The summed E-state index contributed by atoms with van der Waals surface area (Å²) >= 11 is 0. The van der Waals surface area contributed by atoms with E-state index in [1.54, 1.807) is 12.5 Å². The number of imidazole rings is 1. The Kier molecular flexibility index (Phi) is 5.92. The first kappa shape index (κ1) is 17.6. The van der Waals surface area contributed by atoms with E-state index in [0.717, 1.165) is 25.1 Å². The lowest BCUT2D eigenvalue weighted by atomic mass is 10.0. The Morgan fingerprint density at radius 3 is 2.62 bits per heavy atom. The summed E-state index contributed by atoms with van der Waals surface area (Å²) in [5.41, 5.74) is 1.50. The number of benzene rings is 1. The van der Waals surface area contributed by atoms with Crippen LogP contribution in [0, 0.1) is 0 Å². The molecule has 0 bridgehead atoms. The molecule has 0 aliphatic heterocycles. The molecular weight excluding hydrogens is 328 g/mol. The van der Waals surface area contributed by atoms with Gasteiger partial charge in [0.25, 0.3) is 5.91 Å². The van der Waals surface area contributed by atoms with Crippen LogP contribution in [0.15, 0.2) is 61.4 Å². The number of hydrogen-bond acceptors (Lipinski definition) is 5. The monoisotopic (exact) mass is 350 g/mol. The number of nitrogens with zero attached hydrogens (tertiary/aromatic N) is 4. The van der Waals surface area contributed by atoms with Gasteiger partial charge in [0.05, 0.1) is 17.9 Å². The summed E-state index contributed by atoms with van der Waals surface area (Å²) in [6, 6.07) is 9.83. The number of nitrogens with one attached hydrogen (secondary N) is 2. The Hall–Kier alpha value is -3.22. The molecule has 0 fully saturated rings. The highest BCUT2D eigenvalue weighted by Crippen LogP contribution is 2.18. The van der Waals surface area contributed by atoms with Crippen LogP contribution in [-0.2, 0) is 6.54 Å². The van der Waals surface area contributed by atoms with E-state index in [1.807, 2.05) is 48.0 Å². The number of amides is 1. The molecule has 2 aromatic heterocycles. The summed E-state index contributed by atoms with van der Waals surface area (Å²) < 4.78 is 2.00. The lowest BCUT2D eigenvalue weighted by Crippen LogP contribution is -2.29. The predicted octanol–water partition coefficient (Wildman–Crippen LogP) is 2.67. The van der Waals surface area contributed by atoms with Crippen LogP contribution in [0.5, 0.6) is 0 Å². The molecule has 7 nitrogen and oxygen atoms in total. The van der Waals surface area contributed by atoms with Gasteiger partial charge in [-0.05, 0) is 18.9 Å². The average Bonchev–Trinajstić information content (AvgIpc) is 3.20. The van der Waals surface area contributed by atoms with Gasteiger partial charge >= 0.3 is 0 Å². The zero-order valence-electron chi connectivity index (χ0n) is 14.7. The van der Waals surface area contributed by atoms with Crippen molar-refractivity contribution in [3.8, 4) is 0 Å². The van der Waals surface area contributed by atoms with Crippen molar-refractivity contribution in [2.24, 2.45) is 0 Å². The lowest BCUT2D eigenvalue weighted by molar-refractivity contribution is 0.0933. The third kappa shape index (κ3) is 4.66. The first-order valence-electron chi connectivity index (χ1n) is 8.63. The van der Waals surface area contributed by atoms with Gasteiger partial charge in [0, 0.05) is 37.9 Å². The zero-order valence-corrected chi connectivity index (χ0v) is 14.7. The molecule has 1 amide bonds. The Labute approximate surface area is 152 Å². The molecule has 1 atom stereocenters. The second-order valence-electron chi connectivity index (χ2n) is 5.85.